The van der Waals surface area contributed by atoms with Gasteiger partial charge < -0.3 is 10.4 Å². The summed E-state index contributed by atoms with van der Waals surface area (Å²) < 4.78 is 12.8. The number of amides is 1. The zero-order valence-electron chi connectivity index (χ0n) is 11.4. The quantitative estimate of drug-likeness (QED) is 0.695. The van der Waals surface area contributed by atoms with Crippen LogP contribution in [0.1, 0.15) is 10.5 Å². The molecule has 0 unspecified atom stereocenters. The minimum Gasteiger partial charge on any atom is -0.507 e. The molecular formula is C16H12FN3O2. The topological polar surface area (TPSA) is 78.0 Å². The van der Waals surface area contributed by atoms with E-state index >= 15 is 0 Å². The lowest BCUT2D eigenvalue weighted by Crippen LogP contribution is -2.12. The highest BCUT2D eigenvalue weighted by atomic mass is 19.1. The second-order valence-electron chi connectivity index (χ2n) is 4.65. The van der Waals surface area contributed by atoms with E-state index in [-0.39, 0.29) is 17.3 Å². The molecule has 0 saturated carbocycles. The molecule has 0 aliphatic rings. The molecule has 5 nitrogen and oxygen atoms in total. The molecule has 0 radical (unpaired) electrons. The van der Waals surface area contributed by atoms with Crippen LogP contribution in [0.4, 0.5) is 10.1 Å². The smallest absolute Gasteiger partial charge is 0.273 e. The lowest BCUT2D eigenvalue weighted by atomic mass is 10.1. The SMILES string of the molecule is O=C(Nc1ccc(F)cc1)c1cc(-c2ccccc2O)n[nH]1. The zero-order chi connectivity index (χ0) is 15.5. The molecule has 0 aliphatic carbocycles. The fourth-order valence-corrected chi connectivity index (χ4v) is 2.00. The van der Waals surface area contributed by atoms with Crippen molar-refractivity contribution in [2.24, 2.45) is 0 Å². The minimum atomic E-state index is -0.402. The van der Waals surface area contributed by atoms with Gasteiger partial charge in [0.1, 0.15) is 17.3 Å². The Hall–Kier alpha value is -3.15. The van der Waals surface area contributed by atoms with Crippen LogP contribution in [0.3, 0.4) is 0 Å². The van der Waals surface area contributed by atoms with Gasteiger partial charge in [0.25, 0.3) is 5.91 Å². The predicted molar refractivity (Wildman–Crippen MR) is 80.0 cm³/mol. The van der Waals surface area contributed by atoms with Crippen molar-refractivity contribution in [3.63, 3.8) is 0 Å². The standard InChI is InChI=1S/C16H12FN3O2/c17-10-5-7-11(8-6-10)18-16(22)14-9-13(19-20-14)12-3-1-2-4-15(12)21/h1-9,21H,(H,18,22)(H,19,20). The number of H-pyrrole nitrogens is 1. The van der Waals surface area contributed by atoms with Gasteiger partial charge in [-0.1, -0.05) is 12.1 Å². The number of aromatic hydroxyl groups is 1. The maximum Gasteiger partial charge on any atom is 0.273 e. The van der Waals surface area contributed by atoms with Crippen molar-refractivity contribution >= 4 is 11.6 Å². The van der Waals surface area contributed by atoms with E-state index in [2.05, 4.69) is 15.5 Å². The highest BCUT2D eigenvalue weighted by molar-refractivity contribution is 6.03. The highest BCUT2D eigenvalue weighted by Crippen LogP contribution is 2.27. The van der Waals surface area contributed by atoms with E-state index in [1.807, 2.05) is 0 Å². The van der Waals surface area contributed by atoms with Crippen molar-refractivity contribution < 1.29 is 14.3 Å². The van der Waals surface area contributed by atoms with E-state index in [0.29, 0.717) is 16.9 Å². The van der Waals surface area contributed by atoms with E-state index in [9.17, 15) is 14.3 Å². The van der Waals surface area contributed by atoms with Crippen LogP contribution in [-0.2, 0) is 0 Å². The first-order valence-electron chi connectivity index (χ1n) is 6.54. The van der Waals surface area contributed by atoms with Gasteiger partial charge in [-0.15, -0.1) is 0 Å². The largest absolute Gasteiger partial charge is 0.507 e. The Bertz CT molecular complexity index is 812. The predicted octanol–water partition coefficient (Wildman–Crippen LogP) is 3.17. The molecule has 110 valence electrons. The lowest BCUT2D eigenvalue weighted by Gasteiger charge is -2.02. The molecule has 22 heavy (non-hydrogen) atoms. The Morgan fingerprint density at radius 1 is 1.14 bits per heavy atom. The summed E-state index contributed by atoms with van der Waals surface area (Å²) in [5, 5.41) is 19.0. The van der Waals surface area contributed by atoms with Crippen molar-refractivity contribution in [2.45, 2.75) is 0 Å². The van der Waals surface area contributed by atoms with Crippen molar-refractivity contribution in [1.82, 2.24) is 10.2 Å². The molecule has 0 bridgehead atoms. The molecule has 0 saturated heterocycles. The highest BCUT2D eigenvalue weighted by Gasteiger charge is 2.13. The number of benzene rings is 2. The Balaban J connectivity index is 1.80. The molecule has 6 heteroatoms. The van der Waals surface area contributed by atoms with Crippen LogP contribution < -0.4 is 5.32 Å². The summed E-state index contributed by atoms with van der Waals surface area (Å²) in [6, 6.07) is 13.7. The molecule has 1 amide bonds. The molecule has 3 N–H and O–H groups in total. The Morgan fingerprint density at radius 2 is 1.86 bits per heavy atom. The summed E-state index contributed by atoms with van der Waals surface area (Å²) in [6.07, 6.45) is 0. The van der Waals surface area contributed by atoms with Gasteiger partial charge in [-0.25, -0.2) is 4.39 Å². The first-order valence-corrected chi connectivity index (χ1v) is 6.54. The maximum atomic E-state index is 12.8. The van der Waals surface area contributed by atoms with Crippen LogP contribution in [0, 0.1) is 5.82 Å². The lowest BCUT2D eigenvalue weighted by molar-refractivity contribution is 0.102. The number of anilines is 1. The molecule has 0 aliphatic heterocycles. The Labute approximate surface area is 125 Å². The van der Waals surface area contributed by atoms with Gasteiger partial charge >= 0.3 is 0 Å². The third-order valence-electron chi connectivity index (χ3n) is 3.10. The van der Waals surface area contributed by atoms with E-state index in [1.54, 1.807) is 24.3 Å². The fraction of sp³-hybridized carbons (Fsp3) is 0. The Kier molecular flexibility index (Phi) is 3.57. The van der Waals surface area contributed by atoms with Crippen LogP contribution in [0.25, 0.3) is 11.3 Å². The number of phenolic OH excluding ortho intramolecular Hbond substituents is 1. The minimum absolute atomic E-state index is 0.0829. The molecule has 1 aromatic heterocycles. The average molecular weight is 297 g/mol. The second-order valence-corrected chi connectivity index (χ2v) is 4.65. The number of hydrogen-bond donors (Lipinski definition) is 3. The number of phenols is 1. The van der Waals surface area contributed by atoms with Gasteiger partial charge in [-0.05, 0) is 42.5 Å². The van der Waals surface area contributed by atoms with E-state index in [1.165, 1.54) is 30.3 Å². The van der Waals surface area contributed by atoms with Crippen molar-refractivity contribution in [3.8, 4) is 17.0 Å². The third-order valence-corrected chi connectivity index (χ3v) is 3.10. The molecule has 2 aromatic carbocycles. The number of nitrogens with one attached hydrogen (secondary N) is 2. The summed E-state index contributed by atoms with van der Waals surface area (Å²) in [5.74, 6) is -0.693. The number of rotatable bonds is 3. The normalized spacial score (nSPS) is 10.4. The molecule has 3 rings (SSSR count). The summed E-state index contributed by atoms with van der Waals surface area (Å²) in [4.78, 5) is 12.1. The maximum absolute atomic E-state index is 12.8. The number of aromatic amines is 1. The number of carbonyl (C=O) groups excluding carboxylic acids is 1. The van der Waals surface area contributed by atoms with Crippen LogP contribution in [0.5, 0.6) is 5.75 Å². The Morgan fingerprint density at radius 3 is 2.59 bits per heavy atom. The number of para-hydroxylation sites is 1. The third kappa shape index (κ3) is 2.80. The van der Waals surface area contributed by atoms with Crippen LogP contribution in [0.2, 0.25) is 0 Å². The van der Waals surface area contributed by atoms with E-state index in [0.717, 1.165) is 0 Å². The van der Waals surface area contributed by atoms with Gasteiger partial charge in [0.15, 0.2) is 0 Å². The van der Waals surface area contributed by atoms with Gasteiger partial charge in [-0.2, -0.15) is 5.10 Å². The molecule has 0 atom stereocenters. The van der Waals surface area contributed by atoms with Crippen LogP contribution in [0.15, 0.2) is 54.6 Å². The average Bonchev–Trinajstić information content (AvgIpc) is 3.00. The van der Waals surface area contributed by atoms with Crippen molar-refractivity contribution in [3.05, 3.63) is 66.1 Å². The summed E-state index contributed by atoms with van der Waals surface area (Å²) >= 11 is 0. The first kappa shape index (κ1) is 13.8. The number of aromatic nitrogens is 2. The fourth-order valence-electron chi connectivity index (χ4n) is 2.00. The first-order chi connectivity index (χ1) is 10.6. The molecular weight excluding hydrogens is 285 g/mol. The number of halogens is 1. The van der Waals surface area contributed by atoms with Crippen LogP contribution >= 0.6 is 0 Å². The van der Waals surface area contributed by atoms with Crippen LogP contribution in [-0.4, -0.2) is 21.2 Å². The summed E-state index contributed by atoms with van der Waals surface area (Å²) in [6.45, 7) is 0. The van der Waals surface area contributed by atoms with E-state index < -0.39 is 5.91 Å². The summed E-state index contributed by atoms with van der Waals surface area (Å²) in [5.41, 5.74) is 1.70. The number of hydrogen-bond acceptors (Lipinski definition) is 3. The second kappa shape index (κ2) is 5.69. The zero-order valence-corrected chi connectivity index (χ0v) is 11.4. The van der Waals surface area contributed by atoms with Crippen molar-refractivity contribution in [2.75, 3.05) is 5.32 Å². The van der Waals surface area contributed by atoms with Gasteiger partial charge in [0.05, 0.1) is 5.69 Å². The summed E-state index contributed by atoms with van der Waals surface area (Å²) in [7, 11) is 0. The van der Waals surface area contributed by atoms with Gasteiger partial charge in [-0.3, -0.25) is 9.89 Å². The molecule has 0 spiro atoms. The van der Waals surface area contributed by atoms with Gasteiger partial charge in [0, 0.05) is 11.3 Å². The molecule has 3 aromatic rings. The van der Waals surface area contributed by atoms with Gasteiger partial charge in [0.2, 0.25) is 0 Å². The molecule has 1 heterocycles. The number of nitrogens with zero attached hydrogens (tertiary/aromatic N) is 1. The van der Waals surface area contributed by atoms with E-state index in [4.69, 9.17) is 0 Å². The molecule has 0 fully saturated rings. The van der Waals surface area contributed by atoms with Crippen molar-refractivity contribution in [1.29, 1.82) is 0 Å². The number of carbonyl (C=O) groups is 1. The monoisotopic (exact) mass is 297 g/mol.